The first-order valence-electron chi connectivity index (χ1n) is 15.4. The molecule has 256 valence electrons. The molecular formula is C34H40F3N7O3S. The van der Waals surface area contributed by atoms with E-state index in [9.17, 15) is 18.0 Å². The molecule has 3 aromatic rings. The molecule has 48 heavy (non-hydrogen) atoms. The van der Waals surface area contributed by atoms with Gasteiger partial charge in [-0.05, 0) is 69.2 Å². The molecule has 2 aromatic heterocycles. The zero-order valence-electron chi connectivity index (χ0n) is 27.1. The number of carbonyl (C=O) groups excluding carboxylic acids is 1. The first-order chi connectivity index (χ1) is 23.2. The SMILES string of the molecule is CC(C)=C/C(=N\C=C\n1ncc(C(=O)Cc2cc(C)cc(N3CCOCC3)c(NSCCCF)cc[nH]2)c1N)Oc1c(F)cccc1F. The Hall–Kier alpha value is -4.69. The van der Waals surface area contributed by atoms with Crippen molar-refractivity contribution in [1.82, 2.24) is 14.8 Å². The molecule has 0 saturated carbocycles. The zero-order chi connectivity index (χ0) is 34.5. The van der Waals surface area contributed by atoms with Gasteiger partial charge in [-0.15, -0.1) is 0 Å². The van der Waals surface area contributed by atoms with E-state index in [1.165, 1.54) is 47.4 Å². The van der Waals surface area contributed by atoms with Crippen molar-refractivity contribution in [2.75, 3.05) is 54.1 Å². The standard InChI is InChI=1S/C34H40F3N7O3S/c1-23(2)18-32(47-33-27(36)6-4-7-28(33)37)40-11-12-44-34(38)26(22-41-44)31(45)21-25-19-24(3)20-30(43-13-15-46-16-14-43)29(8-10-39-25)42-48-17-5-9-35/h4,6-8,10-12,18-20,22,39,42H,5,9,13-17,21,38H2,1-3H3/b10-8?,12-11+,24-20?,25-19?,30-29?,40-32+. The van der Waals surface area contributed by atoms with Crippen LogP contribution >= 0.6 is 11.9 Å². The monoisotopic (exact) mass is 683 g/mol. The maximum atomic E-state index is 14.1. The number of anilines is 3. The van der Waals surface area contributed by atoms with E-state index >= 15 is 0 Å². The number of Topliss-reactive ketones (excluding diaryl/α,β-unsaturated/α-hetero) is 1. The highest BCUT2D eigenvalue weighted by atomic mass is 32.2. The van der Waals surface area contributed by atoms with Gasteiger partial charge in [0.05, 0.1) is 49.4 Å². The lowest BCUT2D eigenvalue weighted by Gasteiger charge is -2.30. The highest BCUT2D eigenvalue weighted by molar-refractivity contribution is 8.00. The van der Waals surface area contributed by atoms with E-state index < -0.39 is 17.4 Å². The van der Waals surface area contributed by atoms with Crippen LogP contribution < -0.4 is 20.1 Å². The second-order valence-corrected chi connectivity index (χ2v) is 12.0. The van der Waals surface area contributed by atoms with E-state index in [0.717, 1.165) is 47.7 Å². The minimum absolute atomic E-state index is 0.0148. The van der Waals surface area contributed by atoms with Gasteiger partial charge in [-0.3, -0.25) is 9.18 Å². The molecule has 1 fully saturated rings. The number of nitrogens with one attached hydrogen (secondary N) is 2. The van der Waals surface area contributed by atoms with E-state index in [4.69, 9.17) is 15.2 Å². The number of halogens is 3. The minimum Gasteiger partial charge on any atom is -0.433 e. The number of aryl methyl sites for hydroxylation is 1. The summed E-state index contributed by atoms with van der Waals surface area (Å²) in [6, 6.07) is 9.26. The maximum Gasteiger partial charge on any atom is 0.219 e. The molecule has 10 nitrogen and oxygen atoms in total. The molecule has 0 aliphatic carbocycles. The van der Waals surface area contributed by atoms with Crippen molar-refractivity contribution in [2.45, 2.75) is 33.6 Å². The first-order valence-corrected chi connectivity index (χ1v) is 16.3. The number of nitrogens with two attached hydrogens (primary N) is 1. The summed E-state index contributed by atoms with van der Waals surface area (Å²) >= 11 is 1.44. The fourth-order valence-corrected chi connectivity index (χ4v) is 5.33. The summed E-state index contributed by atoms with van der Waals surface area (Å²) in [5.41, 5.74) is 10.7. The molecule has 0 spiro atoms. The Morgan fingerprint density at radius 3 is 2.67 bits per heavy atom. The molecule has 1 aromatic carbocycles. The molecule has 4 N–H and O–H groups in total. The van der Waals surface area contributed by atoms with Gasteiger partial charge >= 0.3 is 0 Å². The quantitative estimate of drug-likeness (QED) is 0.0576. The van der Waals surface area contributed by atoms with E-state index in [1.54, 1.807) is 20.0 Å². The van der Waals surface area contributed by atoms with Crippen LogP contribution in [0.2, 0.25) is 0 Å². The summed E-state index contributed by atoms with van der Waals surface area (Å²) in [6.07, 6.45) is 7.82. The molecule has 0 bridgehead atoms. The second-order valence-electron chi connectivity index (χ2n) is 11.1. The molecule has 4 rings (SSSR count). The van der Waals surface area contributed by atoms with Crippen LogP contribution in [0.1, 0.15) is 41.9 Å². The number of H-pyrrole nitrogens is 1. The number of ether oxygens (including phenoxy) is 2. The van der Waals surface area contributed by atoms with Gasteiger partial charge in [-0.1, -0.05) is 23.6 Å². The Labute approximate surface area is 282 Å². The fraction of sp³-hybridized carbons (Fsp3) is 0.324. The highest BCUT2D eigenvalue weighted by Gasteiger charge is 2.17. The number of ketones is 1. The van der Waals surface area contributed by atoms with Gasteiger partial charge in [0.25, 0.3) is 0 Å². The Balaban J connectivity index is 1.55. The van der Waals surface area contributed by atoms with Gasteiger partial charge in [-0.25, -0.2) is 18.5 Å². The van der Waals surface area contributed by atoms with E-state index in [1.807, 2.05) is 19.1 Å². The number of hydrogen-bond donors (Lipinski definition) is 3. The van der Waals surface area contributed by atoms with Crippen molar-refractivity contribution in [3.05, 3.63) is 95.1 Å². The number of morpholine rings is 1. The summed E-state index contributed by atoms with van der Waals surface area (Å²) in [5.74, 6) is -1.92. The molecule has 0 amide bonds. The highest BCUT2D eigenvalue weighted by Crippen LogP contribution is 2.28. The smallest absolute Gasteiger partial charge is 0.219 e. The van der Waals surface area contributed by atoms with Crippen LogP contribution in [0, 0.1) is 18.6 Å². The van der Waals surface area contributed by atoms with Crippen molar-refractivity contribution in [2.24, 2.45) is 4.99 Å². The van der Waals surface area contributed by atoms with Crippen molar-refractivity contribution < 1.29 is 27.4 Å². The number of nitrogens with zero attached hydrogens (tertiary/aromatic N) is 4. The van der Waals surface area contributed by atoms with Crippen molar-refractivity contribution in [1.29, 1.82) is 0 Å². The van der Waals surface area contributed by atoms with Crippen LogP contribution in [0.3, 0.4) is 0 Å². The molecule has 14 heteroatoms. The molecule has 0 unspecified atom stereocenters. The zero-order valence-corrected chi connectivity index (χ0v) is 28.0. The van der Waals surface area contributed by atoms with E-state index in [0.29, 0.717) is 31.1 Å². The molecule has 1 saturated heterocycles. The number of aromatic amines is 1. The Morgan fingerprint density at radius 1 is 1.21 bits per heavy atom. The molecule has 0 atom stereocenters. The van der Waals surface area contributed by atoms with Crippen molar-refractivity contribution in [3.8, 4) is 5.75 Å². The number of aliphatic imine (C=N–C) groups is 1. The third kappa shape index (κ3) is 10.4. The van der Waals surface area contributed by atoms with Crippen LogP contribution in [-0.2, 0) is 11.2 Å². The maximum absolute atomic E-state index is 14.1. The molecule has 1 aliphatic rings. The summed E-state index contributed by atoms with van der Waals surface area (Å²) < 4.78 is 56.5. The number of hydrogen-bond acceptors (Lipinski definition) is 9. The van der Waals surface area contributed by atoms with E-state index in [-0.39, 0.29) is 36.2 Å². The predicted octanol–water partition coefficient (Wildman–Crippen LogP) is 7.06. The Bertz CT molecular complexity index is 1690. The largest absolute Gasteiger partial charge is 0.433 e. The van der Waals surface area contributed by atoms with Crippen LogP contribution in [0.15, 0.2) is 71.6 Å². The van der Waals surface area contributed by atoms with Crippen molar-refractivity contribution in [3.63, 3.8) is 0 Å². The molecule has 0 radical (unpaired) electrons. The third-order valence-corrected chi connectivity index (χ3v) is 7.76. The summed E-state index contributed by atoms with van der Waals surface area (Å²) in [5, 5.41) is 4.19. The number of aromatic nitrogens is 3. The van der Waals surface area contributed by atoms with Crippen LogP contribution in [0.25, 0.3) is 6.20 Å². The van der Waals surface area contributed by atoms with Gasteiger partial charge in [0, 0.05) is 43.1 Å². The average molecular weight is 684 g/mol. The van der Waals surface area contributed by atoms with E-state index in [2.05, 4.69) is 30.8 Å². The minimum atomic E-state index is -0.867. The van der Waals surface area contributed by atoms with Crippen LogP contribution in [-0.4, -0.2) is 65.2 Å². The van der Waals surface area contributed by atoms with Gasteiger partial charge in [0.1, 0.15) is 5.82 Å². The Morgan fingerprint density at radius 2 is 1.96 bits per heavy atom. The summed E-state index contributed by atoms with van der Waals surface area (Å²) in [6.45, 7) is 7.83. The number of allylic oxidation sites excluding steroid dienone is 1. The first kappa shape index (κ1) is 36.2. The van der Waals surface area contributed by atoms with Gasteiger partial charge in [0.15, 0.2) is 17.4 Å². The number of carbonyl (C=O) groups is 1. The number of para-hydroxylation sites is 1. The predicted molar refractivity (Wildman–Crippen MR) is 187 cm³/mol. The van der Waals surface area contributed by atoms with Crippen LogP contribution in [0.5, 0.6) is 5.75 Å². The lowest BCUT2D eigenvalue weighted by atomic mass is 10.1. The molecular weight excluding hydrogens is 643 g/mol. The summed E-state index contributed by atoms with van der Waals surface area (Å²) in [7, 11) is 0. The Kier molecular flexibility index (Phi) is 13.6. The van der Waals surface area contributed by atoms with Crippen LogP contribution in [0.4, 0.5) is 30.4 Å². The van der Waals surface area contributed by atoms with Gasteiger partial charge in [-0.2, -0.15) is 5.10 Å². The van der Waals surface area contributed by atoms with Gasteiger partial charge < -0.3 is 29.8 Å². The number of alkyl halides is 1. The topological polar surface area (TPSA) is 123 Å². The number of benzene rings is 1. The third-order valence-electron chi connectivity index (χ3n) is 6.91. The second kappa shape index (κ2) is 18.0. The lowest BCUT2D eigenvalue weighted by molar-refractivity contribution is 0.0992. The number of nitrogen functional groups attached to an aromatic ring is 1. The lowest BCUT2D eigenvalue weighted by Crippen LogP contribution is -2.36. The number of rotatable bonds is 13. The molecule has 3 heterocycles. The van der Waals surface area contributed by atoms with Gasteiger partial charge in [0.2, 0.25) is 11.6 Å². The fourth-order valence-electron chi connectivity index (χ4n) is 4.65. The normalized spacial score (nSPS) is 13.4. The summed E-state index contributed by atoms with van der Waals surface area (Å²) in [4.78, 5) is 23.0. The average Bonchev–Trinajstić information content (AvgIpc) is 3.45. The van der Waals surface area contributed by atoms with Crippen molar-refractivity contribution >= 4 is 47.0 Å². The molecule has 1 aliphatic heterocycles.